The highest BCUT2D eigenvalue weighted by Gasteiger charge is 2.53. The number of carbonyl (C=O) groups is 2. The quantitative estimate of drug-likeness (QED) is 0.706. The van der Waals surface area contributed by atoms with Crippen LogP contribution in [0, 0.1) is 13.8 Å². The number of amides is 3. The Bertz CT molecular complexity index is 917. The third-order valence-electron chi connectivity index (χ3n) is 5.93. The first-order valence-corrected chi connectivity index (χ1v) is 9.99. The molecule has 0 N–H and O–H groups in total. The van der Waals surface area contributed by atoms with Gasteiger partial charge in [0.15, 0.2) is 0 Å². The van der Waals surface area contributed by atoms with Crippen LogP contribution in [0.1, 0.15) is 16.7 Å². The fraction of sp³-hybridized carbons (Fsp3) is 0.524. The molecule has 1 unspecified atom stereocenters. The van der Waals surface area contributed by atoms with E-state index in [9.17, 15) is 9.59 Å². The summed E-state index contributed by atoms with van der Waals surface area (Å²) in [7, 11) is 3.22. The van der Waals surface area contributed by atoms with E-state index in [-0.39, 0.29) is 11.9 Å². The molecule has 154 valence electrons. The van der Waals surface area contributed by atoms with Crippen LogP contribution in [0.3, 0.4) is 0 Å². The molecule has 29 heavy (non-hydrogen) atoms. The first-order valence-electron chi connectivity index (χ1n) is 9.99. The van der Waals surface area contributed by atoms with Crippen LogP contribution in [-0.2, 0) is 16.1 Å². The van der Waals surface area contributed by atoms with Crippen LogP contribution >= 0.6 is 0 Å². The number of likely N-dealkylation sites (N-methyl/N-ethyl adjacent to an activating group) is 2. The summed E-state index contributed by atoms with van der Waals surface area (Å²) in [5.74, 6) is 1.12. The van der Waals surface area contributed by atoms with E-state index in [1.807, 2.05) is 0 Å². The largest absolute Gasteiger partial charge is 0.379 e. The molecule has 3 aliphatic heterocycles. The molecule has 1 atom stereocenters. The summed E-state index contributed by atoms with van der Waals surface area (Å²) in [6, 6.07) is 5.44. The maximum Gasteiger partial charge on any atom is 0.333 e. The number of benzene rings is 1. The molecular weight excluding hydrogens is 370 g/mol. The van der Waals surface area contributed by atoms with Crippen molar-refractivity contribution < 1.29 is 18.9 Å². The van der Waals surface area contributed by atoms with Crippen molar-refractivity contribution in [3.63, 3.8) is 0 Å². The Labute approximate surface area is 171 Å². The Hall–Kier alpha value is -2.58. The highest BCUT2D eigenvalue weighted by atomic mass is 16.5. The number of amidine groups is 2. The molecule has 0 saturated carbocycles. The number of rotatable bonds is 4. The van der Waals surface area contributed by atoms with Crippen molar-refractivity contribution >= 4 is 23.6 Å². The van der Waals surface area contributed by atoms with E-state index in [4.69, 9.17) is 9.73 Å². The lowest BCUT2D eigenvalue weighted by atomic mass is 10.0. The molecule has 0 spiro atoms. The van der Waals surface area contributed by atoms with Gasteiger partial charge in [0.1, 0.15) is 13.1 Å². The molecule has 4 rings (SSSR count). The standard InChI is InChI=1S/C21H28N5O3/c1-14-5-6-15(2)16(11-14)12-26-17(13-25-7-9-29-10-8-25)22-19-18(26)20(27)24(4)21(28)23(19)3/h5-6,11,18H,7-10,12-13H2,1-4H3/q+1. The Morgan fingerprint density at radius 2 is 1.86 bits per heavy atom. The second-order valence-electron chi connectivity index (χ2n) is 7.97. The van der Waals surface area contributed by atoms with Crippen LogP contribution < -0.4 is 0 Å². The van der Waals surface area contributed by atoms with Crippen LogP contribution in [0.5, 0.6) is 0 Å². The van der Waals surface area contributed by atoms with Crippen LogP contribution in [0.4, 0.5) is 4.79 Å². The molecule has 3 aliphatic rings. The second-order valence-corrected chi connectivity index (χ2v) is 7.97. The smallest absolute Gasteiger partial charge is 0.333 e. The average molecular weight is 398 g/mol. The van der Waals surface area contributed by atoms with Crippen molar-refractivity contribution in [2.45, 2.75) is 26.4 Å². The first-order chi connectivity index (χ1) is 13.9. The van der Waals surface area contributed by atoms with E-state index >= 15 is 0 Å². The molecule has 2 fully saturated rings. The van der Waals surface area contributed by atoms with Gasteiger partial charge in [-0.25, -0.2) is 9.37 Å². The highest BCUT2D eigenvalue weighted by molar-refractivity contribution is 6.23. The van der Waals surface area contributed by atoms with Gasteiger partial charge in [-0.1, -0.05) is 23.8 Å². The van der Waals surface area contributed by atoms with Crippen LogP contribution in [0.2, 0.25) is 0 Å². The maximum absolute atomic E-state index is 13.1. The predicted octanol–water partition coefficient (Wildman–Crippen LogP) is 0.851. The fourth-order valence-corrected chi connectivity index (χ4v) is 4.07. The third kappa shape index (κ3) is 3.58. The van der Waals surface area contributed by atoms with Gasteiger partial charge in [-0.05, 0) is 30.0 Å². The summed E-state index contributed by atoms with van der Waals surface area (Å²) < 4.78 is 7.52. The van der Waals surface area contributed by atoms with Gasteiger partial charge in [0, 0.05) is 27.2 Å². The summed E-state index contributed by atoms with van der Waals surface area (Å²) in [5, 5.41) is 0. The molecule has 3 amide bonds. The molecule has 2 saturated heterocycles. The third-order valence-corrected chi connectivity index (χ3v) is 5.93. The zero-order valence-corrected chi connectivity index (χ0v) is 17.5. The Morgan fingerprint density at radius 1 is 1.14 bits per heavy atom. The molecule has 8 nitrogen and oxygen atoms in total. The monoisotopic (exact) mass is 398 g/mol. The molecule has 3 heterocycles. The topological polar surface area (TPSA) is 68.5 Å². The van der Waals surface area contributed by atoms with E-state index < -0.39 is 6.04 Å². The van der Waals surface area contributed by atoms with E-state index in [2.05, 4.69) is 41.5 Å². The summed E-state index contributed by atoms with van der Waals surface area (Å²) in [4.78, 5) is 35.3. The number of carbonyl (C=O) groups excluding carboxylic acids is 2. The fourth-order valence-electron chi connectivity index (χ4n) is 4.07. The number of aryl methyl sites for hydroxylation is 2. The molecule has 1 aromatic carbocycles. The van der Waals surface area contributed by atoms with Gasteiger partial charge < -0.3 is 4.74 Å². The summed E-state index contributed by atoms with van der Waals surface area (Å²) in [5.41, 5.74) is 3.52. The number of imide groups is 1. The van der Waals surface area contributed by atoms with Gasteiger partial charge in [-0.15, -0.1) is 0 Å². The van der Waals surface area contributed by atoms with Gasteiger partial charge in [-0.3, -0.25) is 19.5 Å². The number of urea groups is 1. The molecule has 8 heteroatoms. The summed E-state index contributed by atoms with van der Waals surface area (Å²) >= 11 is 0. The van der Waals surface area contributed by atoms with Crippen molar-refractivity contribution in [3.8, 4) is 0 Å². The van der Waals surface area contributed by atoms with Crippen molar-refractivity contribution in [1.29, 1.82) is 0 Å². The van der Waals surface area contributed by atoms with Gasteiger partial charge in [-0.2, -0.15) is 0 Å². The van der Waals surface area contributed by atoms with Crippen molar-refractivity contribution in [3.05, 3.63) is 34.9 Å². The van der Waals surface area contributed by atoms with Crippen molar-refractivity contribution in [2.24, 2.45) is 4.99 Å². The van der Waals surface area contributed by atoms with E-state index in [1.54, 1.807) is 7.05 Å². The van der Waals surface area contributed by atoms with E-state index in [0.717, 1.165) is 24.5 Å². The lowest BCUT2D eigenvalue weighted by molar-refractivity contribution is -0.552. The summed E-state index contributed by atoms with van der Waals surface area (Å²) in [6.07, 6.45) is 0. The van der Waals surface area contributed by atoms with Crippen LogP contribution in [0.25, 0.3) is 0 Å². The number of morpholine rings is 1. The first kappa shape index (κ1) is 19.7. The SMILES string of the molecule is Cc1ccc(C)c(C[N+]2=C(CN3CCOCC3)N=C3C2C(=O)N(C)C(=O)N3C)c1. The van der Waals surface area contributed by atoms with E-state index in [0.29, 0.717) is 32.1 Å². The molecule has 0 aliphatic carbocycles. The molecule has 1 aromatic rings. The lowest BCUT2D eigenvalue weighted by Crippen LogP contribution is -2.61. The minimum absolute atomic E-state index is 0.228. The van der Waals surface area contributed by atoms with Gasteiger partial charge in [0.25, 0.3) is 17.8 Å². The van der Waals surface area contributed by atoms with E-state index in [1.165, 1.54) is 28.0 Å². The minimum atomic E-state index is -0.571. The number of ether oxygens (including phenoxy) is 1. The second kappa shape index (κ2) is 7.68. The maximum atomic E-state index is 13.1. The van der Waals surface area contributed by atoms with Gasteiger partial charge in [0.2, 0.25) is 0 Å². The number of aliphatic imine (C=N–C) groups is 1. The van der Waals surface area contributed by atoms with Crippen molar-refractivity contribution in [1.82, 2.24) is 14.7 Å². The minimum Gasteiger partial charge on any atom is -0.379 e. The number of hydrogen-bond donors (Lipinski definition) is 0. The molecule has 0 aromatic heterocycles. The molecule has 0 radical (unpaired) electrons. The normalized spacial score (nSPS) is 23.0. The highest BCUT2D eigenvalue weighted by Crippen LogP contribution is 2.22. The van der Waals surface area contributed by atoms with Gasteiger partial charge >= 0.3 is 11.9 Å². The number of nitrogens with zero attached hydrogens (tertiary/aromatic N) is 5. The lowest BCUT2D eigenvalue weighted by Gasteiger charge is -2.31. The zero-order valence-electron chi connectivity index (χ0n) is 17.5. The number of hydrogen-bond acceptors (Lipinski definition) is 5. The Morgan fingerprint density at radius 3 is 2.59 bits per heavy atom. The average Bonchev–Trinajstić information content (AvgIpc) is 3.06. The molecule has 0 bridgehead atoms. The summed E-state index contributed by atoms with van der Waals surface area (Å²) in [6.45, 7) is 8.42. The Kier molecular flexibility index (Phi) is 5.23. The van der Waals surface area contributed by atoms with Crippen LogP contribution in [0.15, 0.2) is 23.2 Å². The zero-order chi connectivity index (χ0) is 20.7. The van der Waals surface area contributed by atoms with Crippen LogP contribution in [-0.4, -0.2) is 95.9 Å². The predicted molar refractivity (Wildman–Crippen MR) is 109 cm³/mol. The Balaban J connectivity index is 1.73. The van der Waals surface area contributed by atoms with Crippen molar-refractivity contribution in [2.75, 3.05) is 46.9 Å². The number of fused-ring (bicyclic) bond motifs is 1. The molecular formula is C21H28N5O3+. The van der Waals surface area contributed by atoms with Gasteiger partial charge in [0.05, 0.1) is 13.2 Å².